The van der Waals surface area contributed by atoms with Crippen LogP contribution in [0.5, 0.6) is 0 Å². The van der Waals surface area contributed by atoms with Crippen molar-refractivity contribution in [3.63, 3.8) is 0 Å². The molecule has 0 saturated carbocycles. The first kappa shape index (κ1) is 14.9. The van der Waals surface area contributed by atoms with Gasteiger partial charge in [-0.2, -0.15) is 4.98 Å². The smallest absolute Gasteiger partial charge is 0.224 e. The van der Waals surface area contributed by atoms with E-state index >= 15 is 0 Å². The van der Waals surface area contributed by atoms with E-state index in [9.17, 15) is 9.50 Å². The molecular weight excluding hydrogens is 261 g/mol. The predicted octanol–water partition coefficient (Wildman–Crippen LogP) is 0.916. The molecule has 0 aliphatic carbocycles. The van der Waals surface area contributed by atoms with Gasteiger partial charge in [-0.1, -0.05) is 0 Å². The van der Waals surface area contributed by atoms with Crippen molar-refractivity contribution in [2.45, 2.75) is 25.4 Å². The lowest BCUT2D eigenvalue weighted by Gasteiger charge is -2.29. The Morgan fingerprint density at radius 1 is 1.45 bits per heavy atom. The lowest BCUT2D eigenvalue weighted by atomic mass is 10.1. The molecule has 2 rings (SSSR count). The molecule has 112 valence electrons. The van der Waals surface area contributed by atoms with Crippen molar-refractivity contribution >= 4 is 11.8 Å². The molecule has 0 bridgehead atoms. The summed E-state index contributed by atoms with van der Waals surface area (Å²) in [7, 11) is 1.62. The van der Waals surface area contributed by atoms with E-state index in [2.05, 4.69) is 25.5 Å². The highest BCUT2D eigenvalue weighted by atomic mass is 19.1. The van der Waals surface area contributed by atoms with Crippen LogP contribution >= 0.6 is 0 Å². The van der Waals surface area contributed by atoms with Crippen molar-refractivity contribution in [1.29, 1.82) is 0 Å². The average Bonchev–Trinajstić information content (AvgIpc) is 2.47. The number of hydrogen-bond donors (Lipinski definition) is 3. The standard InChI is InChI=1S/C13H22FN5O/c1-15-12-11(14)9-17-13(18-12)16-5-2-6-19-7-3-10(20)4-8-19/h9-10,20H,2-8H2,1H3,(H2,15,16,17,18). The SMILES string of the molecule is CNc1nc(NCCCN2CCC(O)CC2)ncc1F. The molecule has 1 aliphatic rings. The van der Waals surface area contributed by atoms with Gasteiger partial charge in [-0.25, -0.2) is 9.37 Å². The van der Waals surface area contributed by atoms with E-state index < -0.39 is 5.82 Å². The Bertz CT molecular complexity index is 423. The predicted molar refractivity (Wildman–Crippen MR) is 76.3 cm³/mol. The van der Waals surface area contributed by atoms with Crippen molar-refractivity contribution in [1.82, 2.24) is 14.9 Å². The zero-order valence-corrected chi connectivity index (χ0v) is 11.8. The molecule has 0 atom stereocenters. The van der Waals surface area contributed by atoms with E-state index in [-0.39, 0.29) is 11.9 Å². The minimum atomic E-state index is -0.454. The number of likely N-dealkylation sites (tertiary alicyclic amines) is 1. The summed E-state index contributed by atoms with van der Waals surface area (Å²) in [6.45, 7) is 3.64. The van der Waals surface area contributed by atoms with Crippen molar-refractivity contribution < 1.29 is 9.50 Å². The van der Waals surface area contributed by atoms with Crippen LogP contribution < -0.4 is 10.6 Å². The number of aliphatic hydroxyl groups is 1. The molecule has 1 aromatic rings. The van der Waals surface area contributed by atoms with Crippen LogP contribution in [0.25, 0.3) is 0 Å². The third-order valence-electron chi connectivity index (χ3n) is 3.47. The van der Waals surface area contributed by atoms with Gasteiger partial charge in [0.1, 0.15) is 0 Å². The number of piperidine rings is 1. The molecule has 7 heteroatoms. The van der Waals surface area contributed by atoms with E-state index in [4.69, 9.17) is 0 Å². The van der Waals surface area contributed by atoms with Gasteiger partial charge in [0.15, 0.2) is 11.6 Å². The molecular formula is C13H22FN5O. The molecule has 3 N–H and O–H groups in total. The van der Waals surface area contributed by atoms with Crippen LogP contribution in [0.1, 0.15) is 19.3 Å². The highest BCUT2D eigenvalue weighted by Gasteiger charge is 2.16. The highest BCUT2D eigenvalue weighted by molar-refractivity contribution is 5.40. The summed E-state index contributed by atoms with van der Waals surface area (Å²) in [5.41, 5.74) is 0. The molecule has 0 aromatic carbocycles. The highest BCUT2D eigenvalue weighted by Crippen LogP contribution is 2.12. The van der Waals surface area contributed by atoms with Crippen molar-refractivity contribution in [3.05, 3.63) is 12.0 Å². The lowest BCUT2D eigenvalue weighted by Crippen LogP contribution is -2.36. The maximum Gasteiger partial charge on any atom is 0.224 e. The van der Waals surface area contributed by atoms with Gasteiger partial charge in [0, 0.05) is 26.7 Å². The van der Waals surface area contributed by atoms with E-state index in [0.717, 1.165) is 51.6 Å². The second-order valence-electron chi connectivity index (χ2n) is 4.99. The van der Waals surface area contributed by atoms with Gasteiger partial charge >= 0.3 is 0 Å². The zero-order chi connectivity index (χ0) is 14.4. The van der Waals surface area contributed by atoms with Crippen LogP contribution in [0, 0.1) is 5.82 Å². The number of nitrogens with zero attached hydrogens (tertiary/aromatic N) is 3. The molecule has 0 spiro atoms. The summed E-state index contributed by atoms with van der Waals surface area (Å²) in [6, 6.07) is 0. The molecule has 1 aromatic heterocycles. The average molecular weight is 283 g/mol. The molecule has 6 nitrogen and oxygen atoms in total. The molecule has 1 fully saturated rings. The Morgan fingerprint density at radius 2 is 2.20 bits per heavy atom. The summed E-state index contributed by atoms with van der Waals surface area (Å²) >= 11 is 0. The van der Waals surface area contributed by atoms with Gasteiger partial charge in [0.05, 0.1) is 12.3 Å². The van der Waals surface area contributed by atoms with Gasteiger partial charge in [-0.05, 0) is 25.8 Å². The summed E-state index contributed by atoms with van der Waals surface area (Å²) in [5, 5.41) is 15.2. The Labute approximate surface area is 118 Å². The van der Waals surface area contributed by atoms with E-state index in [1.807, 2.05) is 0 Å². The summed E-state index contributed by atoms with van der Waals surface area (Å²) in [5.74, 6) is 0.183. The van der Waals surface area contributed by atoms with E-state index in [0.29, 0.717) is 5.95 Å². The Morgan fingerprint density at radius 3 is 2.90 bits per heavy atom. The normalized spacial score (nSPS) is 17.1. The van der Waals surface area contributed by atoms with Gasteiger partial charge in [-0.15, -0.1) is 0 Å². The topological polar surface area (TPSA) is 73.3 Å². The van der Waals surface area contributed by atoms with E-state index in [1.165, 1.54) is 0 Å². The molecule has 0 amide bonds. The Balaban J connectivity index is 1.68. The minimum absolute atomic E-state index is 0.128. The maximum atomic E-state index is 13.2. The van der Waals surface area contributed by atoms with Crippen LogP contribution in [0.4, 0.5) is 16.2 Å². The number of halogens is 1. The Kier molecular flexibility index (Phi) is 5.49. The Hall–Kier alpha value is -1.47. The summed E-state index contributed by atoms with van der Waals surface area (Å²) in [4.78, 5) is 10.3. The number of aromatic nitrogens is 2. The van der Waals surface area contributed by atoms with Crippen molar-refractivity contribution in [3.8, 4) is 0 Å². The van der Waals surface area contributed by atoms with Crippen LogP contribution in [0.3, 0.4) is 0 Å². The fourth-order valence-electron chi connectivity index (χ4n) is 2.27. The maximum absolute atomic E-state index is 13.2. The minimum Gasteiger partial charge on any atom is -0.393 e. The first-order chi connectivity index (χ1) is 9.69. The molecule has 1 aliphatic heterocycles. The zero-order valence-electron chi connectivity index (χ0n) is 11.8. The summed E-state index contributed by atoms with van der Waals surface area (Å²) in [6.07, 6.45) is 3.72. The first-order valence-corrected chi connectivity index (χ1v) is 7.03. The van der Waals surface area contributed by atoms with Crippen molar-refractivity contribution in [2.24, 2.45) is 0 Å². The lowest BCUT2D eigenvalue weighted by molar-refractivity contribution is 0.0825. The fourth-order valence-corrected chi connectivity index (χ4v) is 2.27. The molecule has 0 radical (unpaired) electrons. The third kappa shape index (κ3) is 4.28. The van der Waals surface area contributed by atoms with Crippen LogP contribution in [-0.2, 0) is 0 Å². The van der Waals surface area contributed by atoms with Gasteiger partial charge in [0.2, 0.25) is 5.95 Å². The van der Waals surface area contributed by atoms with Crippen LogP contribution in [-0.4, -0.2) is 59.3 Å². The van der Waals surface area contributed by atoms with Gasteiger partial charge in [0.25, 0.3) is 0 Å². The molecule has 1 saturated heterocycles. The summed E-state index contributed by atoms with van der Waals surface area (Å²) < 4.78 is 13.2. The van der Waals surface area contributed by atoms with Crippen molar-refractivity contribution in [2.75, 3.05) is 43.9 Å². The van der Waals surface area contributed by atoms with Crippen LogP contribution in [0.2, 0.25) is 0 Å². The second kappa shape index (κ2) is 7.35. The largest absolute Gasteiger partial charge is 0.393 e. The first-order valence-electron chi connectivity index (χ1n) is 7.03. The fraction of sp³-hybridized carbons (Fsp3) is 0.692. The third-order valence-corrected chi connectivity index (χ3v) is 3.47. The molecule has 0 unspecified atom stereocenters. The van der Waals surface area contributed by atoms with E-state index in [1.54, 1.807) is 7.05 Å². The number of aliphatic hydroxyl groups excluding tert-OH is 1. The molecule has 20 heavy (non-hydrogen) atoms. The van der Waals surface area contributed by atoms with Gasteiger partial charge in [-0.3, -0.25) is 0 Å². The number of anilines is 2. The number of nitrogens with one attached hydrogen (secondary N) is 2. The second-order valence-corrected chi connectivity index (χ2v) is 4.99. The van der Waals surface area contributed by atoms with Gasteiger partial charge < -0.3 is 20.6 Å². The monoisotopic (exact) mass is 283 g/mol. The number of rotatable bonds is 6. The van der Waals surface area contributed by atoms with Crippen LogP contribution in [0.15, 0.2) is 6.20 Å². The quantitative estimate of drug-likeness (QED) is 0.674. The molecule has 2 heterocycles. The number of hydrogen-bond acceptors (Lipinski definition) is 6.